The molecule has 1 N–H and O–H groups in total. The third-order valence-corrected chi connectivity index (χ3v) is 5.77. The Morgan fingerprint density at radius 3 is 2.56 bits per heavy atom. The molecule has 162 valence electrons. The molecule has 0 fully saturated rings. The first-order valence-corrected chi connectivity index (χ1v) is 11.0. The van der Waals surface area contributed by atoms with Crippen molar-refractivity contribution in [2.75, 3.05) is 5.32 Å². The minimum absolute atomic E-state index is 0.130. The highest BCUT2D eigenvalue weighted by Gasteiger charge is 2.15. The number of halogens is 1. The molecule has 1 amide bonds. The molecule has 0 aliphatic carbocycles. The summed E-state index contributed by atoms with van der Waals surface area (Å²) in [6.07, 6.45) is 1.39. The molecular formula is C24H21FN4O2S. The zero-order valence-electron chi connectivity index (χ0n) is 17.6. The summed E-state index contributed by atoms with van der Waals surface area (Å²) in [5, 5.41) is 5.23. The van der Waals surface area contributed by atoms with Crippen LogP contribution < -0.4 is 10.9 Å². The Kier molecular flexibility index (Phi) is 6.23. The van der Waals surface area contributed by atoms with Gasteiger partial charge in [0.05, 0.1) is 23.4 Å². The van der Waals surface area contributed by atoms with E-state index < -0.39 is 0 Å². The molecule has 0 saturated heterocycles. The summed E-state index contributed by atoms with van der Waals surface area (Å²) < 4.78 is 15.4. The Hall–Kier alpha value is -3.65. The van der Waals surface area contributed by atoms with Gasteiger partial charge in [-0.05, 0) is 24.1 Å². The van der Waals surface area contributed by atoms with E-state index in [9.17, 15) is 14.0 Å². The maximum Gasteiger partial charge on any atom is 0.254 e. The second-order valence-corrected chi connectivity index (χ2v) is 8.40. The van der Waals surface area contributed by atoms with Crippen LogP contribution in [0.2, 0.25) is 0 Å². The second kappa shape index (κ2) is 9.23. The van der Waals surface area contributed by atoms with Crippen LogP contribution in [0, 0.1) is 5.82 Å². The average molecular weight is 449 g/mol. The number of rotatable bonds is 6. The summed E-state index contributed by atoms with van der Waals surface area (Å²) in [7, 11) is 0. The average Bonchev–Trinajstić information content (AvgIpc) is 3.25. The first-order valence-electron chi connectivity index (χ1n) is 10.1. The van der Waals surface area contributed by atoms with Crippen LogP contribution in [0.25, 0.3) is 21.8 Å². The summed E-state index contributed by atoms with van der Waals surface area (Å²) in [5.41, 5.74) is 2.74. The third kappa shape index (κ3) is 4.65. The van der Waals surface area contributed by atoms with Crippen molar-refractivity contribution in [3.05, 3.63) is 88.2 Å². The molecular weight excluding hydrogens is 427 g/mol. The fourth-order valence-corrected chi connectivity index (χ4v) is 4.04. The van der Waals surface area contributed by atoms with Gasteiger partial charge in [-0.1, -0.05) is 44.2 Å². The number of aromatic nitrogens is 3. The minimum Gasteiger partial charge on any atom is -0.324 e. The van der Waals surface area contributed by atoms with Crippen LogP contribution in [0.1, 0.15) is 25.5 Å². The van der Waals surface area contributed by atoms with E-state index in [1.54, 1.807) is 30.3 Å². The van der Waals surface area contributed by atoms with Crippen molar-refractivity contribution in [3.63, 3.8) is 0 Å². The highest BCUT2D eigenvalue weighted by molar-refractivity contribution is 7.13. The molecule has 2 aromatic heterocycles. The lowest BCUT2D eigenvalue weighted by molar-refractivity contribution is -0.116. The molecule has 0 aliphatic rings. The first kappa shape index (κ1) is 21.6. The van der Waals surface area contributed by atoms with Crippen molar-refractivity contribution in [1.82, 2.24) is 14.5 Å². The number of benzene rings is 2. The lowest BCUT2D eigenvalue weighted by atomic mass is 10.1. The van der Waals surface area contributed by atoms with Crippen molar-refractivity contribution in [1.29, 1.82) is 0 Å². The maximum atomic E-state index is 14.1. The molecule has 0 aliphatic heterocycles. The zero-order chi connectivity index (χ0) is 22.7. The van der Waals surface area contributed by atoms with Gasteiger partial charge in [0.1, 0.15) is 17.4 Å². The van der Waals surface area contributed by atoms with Gasteiger partial charge in [0.2, 0.25) is 5.91 Å². The van der Waals surface area contributed by atoms with E-state index in [0.29, 0.717) is 33.2 Å². The van der Waals surface area contributed by atoms with Crippen LogP contribution in [0.15, 0.2) is 71.1 Å². The van der Waals surface area contributed by atoms with Gasteiger partial charge in [-0.15, -0.1) is 11.3 Å². The summed E-state index contributed by atoms with van der Waals surface area (Å²) in [6, 6.07) is 15.2. The fourth-order valence-electron chi connectivity index (χ4n) is 3.19. The second-order valence-electron chi connectivity index (χ2n) is 7.55. The van der Waals surface area contributed by atoms with Crippen LogP contribution in [0.5, 0.6) is 0 Å². The number of carbonyl (C=O) groups excluding carboxylic acids is 1. The molecule has 0 bridgehead atoms. The van der Waals surface area contributed by atoms with Gasteiger partial charge < -0.3 is 5.32 Å². The van der Waals surface area contributed by atoms with E-state index in [1.165, 1.54) is 34.4 Å². The third-order valence-electron chi connectivity index (χ3n) is 4.89. The largest absolute Gasteiger partial charge is 0.324 e. The first-order chi connectivity index (χ1) is 15.4. The molecule has 4 aromatic rings. The Morgan fingerprint density at radius 1 is 1.12 bits per heavy atom. The molecule has 8 heteroatoms. The number of hydrogen-bond acceptors (Lipinski definition) is 5. The van der Waals surface area contributed by atoms with Gasteiger partial charge in [0, 0.05) is 22.6 Å². The Labute approximate surface area is 188 Å². The molecule has 4 rings (SSSR count). The lowest BCUT2D eigenvalue weighted by Gasteiger charge is -2.11. The van der Waals surface area contributed by atoms with Crippen molar-refractivity contribution in [2.24, 2.45) is 0 Å². The molecule has 2 aromatic carbocycles. The monoisotopic (exact) mass is 448 g/mol. The van der Waals surface area contributed by atoms with Gasteiger partial charge in [0.15, 0.2) is 0 Å². The predicted octanol–water partition coefficient (Wildman–Crippen LogP) is 4.94. The minimum atomic E-state index is -0.358. The normalized spacial score (nSPS) is 11.0. The number of nitrogens with zero attached hydrogens (tertiary/aromatic N) is 3. The van der Waals surface area contributed by atoms with Crippen LogP contribution in [0.3, 0.4) is 0 Å². The number of thiazole rings is 1. The SMILES string of the molecule is CC(C)c1cc(=O)n(CC(=O)Nc2ccccc2-c2csc(-c3ccccc3F)n2)cn1. The van der Waals surface area contributed by atoms with Crippen molar-refractivity contribution < 1.29 is 9.18 Å². The van der Waals surface area contributed by atoms with Gasteiger partial charge in [0.25, 0.3) is 5.56 Å². The van der Waals surface area contributed by atoms with Crippen LogP contribution >= 0.6 is 11.3 Å². The molecule has 0 radical (unpaired) electrons. The molecule has 2 heterocycles. The van der Waals surface area contributed by atoms with Gasteiger partial charge in [-0.2, -0.15) is 0 Å². The van der Waals surface area contributed by atoms with Crippen molar-refractivity contribution >= 4 is 22.9 Å². The van der Waals surface area contributed by atoms with E-state index in [1.807, 2.05) is 31.4 Å². The van der Waals surface area contributed by atoms with Crippen LogP contribution in [-0.2, 0) is 11.3 Å². The molecule has 32 heavy (non-hydrogen) atoms. The number of para-hydroxylation sites is 1. The van der Waals surface area contributed by atoms with Gasteiger partial charge >= 0.3 is 0 Å². The smallest absolute Gasteiger partial charge is 0.254 e. The highest BCUT2D eigenvalue weighted by Crippen LogP contribution is 2.33. The molecule has 0 unspecified atom stereocenters. The predicted molar refractivity (Wildman–Crippen MR) is 124 cm³/mol. The summed E-state index contributed by atoms with van der Waals surface area (Å²) >= 11 is 1.33. The Bertz CT molecular complexity index is 1330. The fraction of sp³-hybridized carbons (Fsp3) is 0.167. The van der Waals surface area contributed by atoms with Crippen molar-refractivity contribution in [2.45, 2.75) is 26.3 Å². The zero-order valence-corrected chi connectivity index (χ0v) is 18.4. The van der Waals surface area contributed by atoms with E-state index in [-0.39, 0.29) is 29.7 Å². The molecule has 0 spiro atoms. The van der Waals surface area contributed by atoms with E-state index in [0.717, 1.165) is 0 Å². The highest BCUT2D eigenvalue weighted by atomic mass is 32.1. The van der Waals surface area contributed by atoms with Crippen molar-refractivity contribution in [3.8, 4) is 21.8 Å². The number of amides is 1. The van der Waals surface area contributed by atoms with E-state index in [2.05, 4.69) is 15.3 Å². The number of anilines is 1. The van der Waals surface area contributed by atoms with E-state index in [4.69, 9.17) is 0 Å². The van der Waals surface area contributed by atoms with Crippen LogP contribution in [0.4, 0.5) is 10.1 Å². The molecule has 6 nitrogen and oxygen atoms in total. The lowest BCUT2D eigenvalue weighted by Crippen LogP contribution is -2.28. The number of carbonyl (C=O) groups is 1. The van der Waals surface area contributed by atoms with E-state index >= 15 is 0 Å². The standard InChI is InChI=1S/C24H21FN4O2S/c1-15(2)20-11-23(31)29(14-26-20)12-22(30)27-19-10-6-4-8-17(19)21-13-32-24(28-21)16-7-3-5-9-18(16)25/h3-11,13-15H,12H2,1-2H3,(H,27,30). The molecule has 0 atom stereocenters. The van der Waals surface area contributed by atoms with Gasteiger partial charge in [-0.25, -0.2) is 14.4 Å². The quantitative estimate of drug-likeness (QED) is 0.454. The number of nitrogens with one attached hydrogen (secondary N) is 1. The number of hydrogen-bond donors (Lipinski definition) is 1. The topological polar surface area (TPSA) is 76.9 Å². The van der Waals surface area contributed by atoms with Crippen LogP contribution in [-0.4, -0.2) is 20.4 Å². The van der Waals surface area contributed by atoms with Gasteiger partial charge in [-0.3, -0.25) is 14.2 Å². The maximum absolute atomic E-state index is 14.1. The Balaban J connectivity index is 1.55. The summed E-state index contributed by atoms with van der Waals surface area (Å²) in [6.45, 7) is 3.74. The Morgan fingerprint density at radius 2 is 1.84 bits per heavy atom. The molecule has 0 saturated carbocycles. The summed E-state index contributed by atoms with van der Waals surface area (Å²) in [4.78, 5) is 33.7. The summed E-state index contributed by atoms with van der Waals surface area (Å²) in [5.74, 6) is -0.564.